The predicted octanol–water partition coefficient (Wildman–Crippen LogP) is 2.56. The van der Waals surface area contributed by atoms with Crippen LogP contribution >= 0.6 is 0 Å². The van der Waals surface area contributed by atoms with E-state index in [0.717, 1.165) is 6.42 Å². The number of hydrogen-bond acceptors (Lipinski definition) is 4. The number of carbonyl (C=O) groups excluding carboxylic acids is 2. The first-order valence-electron chi connectivity index (χ1n) is 6.24. The second-order valence-corrected chi connectivity index (χ2v) is 4.39. The first-order chi connectivity index (χ1) is 7.98. The molecule has 0 heterocycles. The molecule has 0 saturated carbocycles. The van der Waals surface area contributed by atoms with Crippen LogP contribution in [-0.2, 0) is 19.1 Å². The smallest absolute Gasteiger partial charge is 0.323 e. The third-order valence-electron chi connectivity index (χ3n) is 3.37. The Kier molecular flexibility index (Phi) is 6.85. The summed E-state index contributed by atoms with van der Waals surface area (Å²) in [5.41, 5.74) is -1.14. The average molecular weight is 244 g/mol. The number of carbonyl (C=O) groups is 2. The molecule has 0 N–H and O–H groups in total. The van der Waals surface area contributed by atoms with Crippen molar-refractivity contribution in [2.24, 2.45) is 11.3 Å². The lowest BCUT2D eigenvalue weighted by Gasteiger charge is -2.26. The Hall–Kier alpha value is -1.06. The molecule has 0 spiro atoms. The largest absolute Gasteiger partial charge is 0.468 e. The van der Waals surface area contributed by atoms with E-state index in [1.54, 1.807) is 13.8 Å². The Balaban J connectivity index is 4.71. The Morgan fingerprint density at radius 3 is 2.00 bits per heavy atom. The van der Waals surface area contributed by atoms with Gasteiger partial charge in [0.05, 0.1) is 13.7 Å². The lowest BCUT2D eigenvalue weighted by atomic mass is 9.82. The van der Waals surface area contributed by atoms with Crippen LogP contribution in [0.4, 0.5) is 0 Å². The zero-order valence-corrected chi connectivity index (χ0v) is 11.5. The van der Waals surface area contributed by atoms with Crippen LogP contribution in [0.2, 0.25) is 0 Å². The predicted molar refractivity (Wildman–Crippen MR) is 65.4 cm³/mol. The zero-order valence-electron chi connectivity index (χ0n) is 11.5. The van der Waals surface area contributed by atoms with Gasteiger partial charge in [-0.25, -0.2) is 0 Å². The first-order valence-corrected chi connectivity index (χ1v) is 6.24. The maximum Gasteiger partial charge on any atom is 0.323 e. The van der Waals surface area contributed by atoms with E-state index in [1.807, 2.05) is 13.8 Å². The molecule has 0 aliphatic carbocycles. The van der Waals surface area contributed by atoms with Gasteiger partial charge >= 0.3 is 11.9 Å². The van der Waals surface area contributed by atoms with Gasteiger partial charge in [-0.05, 0) is 18.8 Å². The number of esters is 2. The number of hydrogen-bond donors (Lipinski definition) is 0. The maximum atomic E-state index is 12.0. The molecule has 0 aromatic rings. The molecule has 17 heavy (non-hydrogen) atoms. The Morgan fingerprint density at radius 2 is 1.65 bits per heavy atom. The van der Waals surface area contributed by atoms with Gasteiger partial charge in [-0.1, -0.05) is 34.1 Å². The summed E-state index contributed by atoms with van der Waals surface area (Å²) in [5, 5.41) is 0. The molecule has 4 nitrogen and oxygen atoms in total. The highest BCUT2D eigenvalue weighted by atomic mass is 16.6. The SMILES string of the molecule is CCC(C)COC(=O)C(CC)(CC)C(=O)OC. The summed E-state index contributed by atoms with van der Waals surface area (Å²) in [5.74, 6) is -0.658. The summed E-state index contributed by atoms with van der Waals surface area (Å²) in [6.45, 7) is 7.99. The van der Waals surface area contributed by atoms with Crippen molar-refractivity contribution in [3.05, 3.63) is 0 Å². The molecule has 0 fully saturated rings. The van der Waals surface area contributed by atoms with Crippen LogP contribution < -0.4 is 0 Å². The van der Waals surface area contributed by atoms with E-state index >= 15 is 0 Å². The van der Waals surface area contributed by atoms with E-state index < -0.39 is 17.4 Å². The van der Waals surface area contributed by atoms with Gasteiger partial charge in [-0.15, -0.1) is 0 Å². The highest BCUT2D eigenvalue weighted by Gasteiger charge is 2.45. The number of methoxy groups -OCH3 is 1. The van der Waals surface area contributed by atoms with Gasteiger partial charge in [0, 0.05) is 0 Å². The van der Waals surface area contributed by atoms with Crippen LogP contribution in [0.3, 0.4) is 0 Å². The summed E-state index contributed by atoms with van der Waals surface area (Å²) in [6.07, 6.45) is 1.74. The van der Waals surface area contributed by atoms with Gasteiger partial charge < -0.3 is 9.47 Å². The van der Waals surface area contributed by atoms with Crippen molar-refractivity contribution in [1.29, 1.82) is 0 Å². The summed E-state index contributed by atoms with van der Waals surface area (Å²) < 4.78 is 9.94. The van der Waals surface area contributed by atoms with Crippen LogP contribution in [0.1, 0.15) is 47.0 Å². The highest BCUT2D eigenvalue weighted by molar-refractivity contribution is 5.99. The van der Waals surface area contributed by atoms with Gasteiger partial charge in [0.15, 0.2) is 5.41 Å². The van der Waals surface area contributed by atoms with Gasteiger partial charge in [0.2, 0.25) is 0 Å². The van der Waals surface area contributed by atoms with E-state index in [2.05, 4.69) is 0 Å². The Bertz CT molecular complexity index is 256. The monoisotopic (exact) mass is 244 g/mol. The fourth-order valence-corrected chi connectivity index (χ4v) is 1.58. The van der Waals surface area contributed by atoms with Crippen LogP contribution in [0.25, 0.3) is 0 Å². The second-order valence-electron chi connectivity index (χ2n) is 4.39. The van der Waals surface area contributed by atoms with Crippen molar-refractivity contribution in [3.63, 3.8) is 0 Å². The summed E-state index contributed by atoms with van der Waals surface area (Å²) in [4.78, 5) is 23.8. The normalized spacial score (nSPS) is 13.0. The van der Waals surface area contributed by atoms with E-state index in [4.69, 9.17) is 9.47 Å². The van der Waals surface area contributed by atoms with Crippen molar-refractivity contribution in [2.45, 2.75) is 47.0 Å². The van der Waals surface area contributed by atoms with E-state index in [1.165, 1.54) is 7.11 Å². The second kappa shape index (κ2) is 7.30. The summed E-state index contributed by atoms with van der Waals surface area (Å²) >= 11 is 0. The minimum Gasteiger partial charge on any atom is -0.468 e. The van der Waals surface area contributed by atoms with Crippen molar-refractivity contribution >= 4 is 11.9 Å². The van der Waals surface area contributed by atoms with Crippen molar-refractivity contribution in [2.75, 3.05) is 13.7 Å². The standard InChI is InChI=1S/C13H24O4/c1-6-10(4)9-17-12(15)13(7-2,8-3)11(14)16-5/h10H,6-9H2,1-5H3. The molecular weight excluding hydrogens is 220 g/mol. The topological polar surface area (TPSA) is 52.6 Å². The molecule has 1 atom stereocenters. The lowest BCUT2D eigenvalue weighted by Crippen LogP contribution is -2.41. The van der Waals surface area contributed by atoms with E-state index in [-0.39, 0.29) is 0 Å². The quantitative estimate of drug-likeness (QED) is 0.510. The fraction of sp³-hybridized carbons (Fsp3) is 0.846. The van der Waals surface area contributed by atoms with Crippen LogP contribution in [-0.4, -0.2) is 25.7 Å². The zero-order chi connectivity index (χ0) is 13.5. The molecule has 0 aromatic carbocycles. The Labute approximate surface area is 104 Å². The maximum absolute atomic E-state index is 12.0. The third-order valence-corrected chi connectivity index (χ3v) is 3.37. The molecule has 0 bridgehead atoms. The van der Waals surface area contributed by atoms with Crippen LogP contribution in [0.15, 0.2) is 0 Å². The van der Waals surface area contributed by atoms with Crippen molar-refractivity contribution in [3.8, 4) is 0 Å². The molecule has 0 radical (unpaired) electrons. The van der Waals surface area contributed by atoms with Gasteiger partial charge in [-0.3, -0.25) is 9.59 Å². The molecule has 0 aliphatic heterocycles. The Morgan fingerprint density at radius 1 is 1.12 bits per heavy atom. The molecule has 0 amide bonds. The molecule has 0 saturated heterocycles. The summed E-state index contributed by atoms with van der Waals surface area (Å²) in [7, 11) is 1.30. The fourth-order valence-electron chi connectivity index (χ4n) is 1.58. The minimum atomic E-state index is -1.14. The average Bonchev–Trinajstić information content (AvgIpc) is 2.37. The van der Waals surface area contributed by atoms with Crippen molar-refractivity contribution in [1.82, 2.24) is 0 Å². The lowest BCUT2D eigenvalue weighted by molar-refractivity contribution is -0.172. The highest BCUT2D eigenvalue weighted by Crippen LogP contribution is 2.30. The molecule has 100 valence electrons. The molecule has 0 aliphatic rings. The minimum absolute atomic E-state index is 0.308. The molecule has 0 rings (SSSR count). The summed E-state index contributed by atoms with van der Waals surface area (Å²) in [6, 6.07) is 0. The molecule has 0 aromatic heterocycles. The molecular formula is C13H24O4. The molecule has 1 unspecified atom stereocenters. The third kappa shape index (κ3) is 3.72. The van der Waals surface area contributed by atoms with E-state index in [0.29, 0.717) is 25.4 Å². The van der Waals surface area contributed by atoms with Gasteiger partial charge in [0.1, 0.15) is 0 Å². The van der Waals surface area contributed by atoms with Gasteiger partial charge in [-0.2, -0.15) is 0 Å². The van der Waals surface area contributed by atoms with Crippen LogP contribution in [0.5, 0.6) is 0 Å². The van der Waals surface area contributed by atoms with Crippen molar-refractivity contribution < 1.29 is 19.1 Å². The van der Waals surface area contributed by atoms with Gasteiger partial charge in [0.25, 0.3) is 0 Å². The number of rotatable bonds is 7. The van der Waals surface area contributed by atoms with Crippen LogP contribution in [0, 0.1) is 11.3 Å². The molecule has 4 heteroatoms. The first kappa shape index (κ1) is 15.9. The number of ether oxygens (including phenoxy) is 2. The van der Waals surface area contributed by atoms with E-state index in [9.17, 15) is 9.59 Å².